The zero-order valence-electron chi connectivity index (χ0n) is 13.7. The molecule has 2 saturated heterocycles. The van der Waals surface area contributed by atoms with Crippen LogP contribution < -0.4 is 0 Å². The van der Waals surface area contributed by atoms with Crippen LogP contribution in [0, 0.1) is 0 Å². The van der Waals surface area contributed by atoms with E-state index in [1.807, 2.05) is 11.1 Å². The van der Waals surface area contributed by atoms with Crippen molar-refractivity contribution in [3.05, 3.63) is 29.6 Å². The zero-order chi connectivity index (χ0) is 16.1. The number of aromatic nitrogens is 1. The second kappa shape index (κ2) is 7.86. The molecular weight excluding hydrogens is 294 g/mol. The van der Waals surface area contributed by atoms with Gasteiger partial charge in [0.25, 0.3) is 0 Å². The first-order chi connectivity index (χ1) is 11.3. The number of methoxy groups -OCH3 is 1. The van der Waals surface area contributed by atoms with Crippen LogP contribution in [0.5, 0.6) is 0 Å². The number of morpholine rings is 1. The van der Waals surface area contributed by atoms with Gasteiger partial charge in [0, 0.05) is 39.5 Å². The summed E-state index contributed by atoms with van der Waals surface area (Å²) in [4.78, 5) is 21.0. The molecule has 2 aliphatic heterocycles. The van der Waals surface area contributed by atoms with Crippen molar-refractivity contribution in [2.24, 2.45) is 0 Å². The van der Waals surface area contributed by atoms with Crippen LogP contribution in [-0.4, -0.2) is 67.3 Å². The molecule has 1 amide bonds. The summed E-state index contributed by atoms with van der Waals surface area (Å²) < 4.78 is 10.3. The molecule has 23 heavy (non-hydrogen) atoms. The van der Waals surface area contributed by atoms with E-state index in [-0.39, 0.29) is 18.6 Å². The Morgan fingerprint density at radius 2 is 2.17 bits per heavy atom. The van der Waals surface area contributed by atoms with Crippen LogP contribution in [0.2, 0.25) is 0 Å². The molecule has 2 aliphatic rings. The van der Waals surface area contributed by atoms with Gasteiger partial charge in [0.2, 0.25) is 5.91 Å². The summed E-state index contributed by atoms with van der Waals surface area (Å²) >= 11 is 0. The SMILES string of the molecule is COCC(=O)N1CCC[C@H]1c1ccc(CN2CCOCC2)cn1. The molecule has 0 bridgehead atoms. The maximum absolute atomic E-state index is 12.1. The van der Waals surface area contributed by atoms with Gasteiger partial charge in [-0.25, -0.2) is 0 Å². The van der Waals surface area contributed by atoms with Crippen molar-refractivity contribution in [1.29, 1.82) is 0 Å². The summed E-state index contributed by atoms with van der Waals surface area (Å²) in [5.74, 6) is 0.0502. The summed E-state index contributed by atoms with van der Waals surface area (Å²) in [5.41, 5.74) is 2.20. The Morgan fingerprint density at radius 3 is 2.87 bits per heavy atom. The fourth-order valence-corrected chi connectivity index (χ4v) is 3.32. The number of ether oxygens (including phenoxy) is 2. The lowest BCUT2D eigenvalue weighted by Crippen LogP contribution is -2.35. The third-order valence-electron chi connectivity index (χ3n) is 4.54. The first-order valence-corrected chi connectivity index (χ1v) is 8.31. The molecule has 0 aromatic carbocycles. The van der Waals surface area contributed by atoms with Crippen LogP contribution in [0.25, 0.3) is 0 Å². The van der Waals surface area contributed by atoms with Gasteiger partial charge in [-0.1, -0.05) is 6.07 Å². The highest BCUT2D eigenvalue weighted by Crippen LogP contribution is 2.30. The van der Waals surface area contributed by atoms with Gasteiger partial charge in [0.1, 0.15) is 6.61 Å². The molecule has 3 rings (SSSR count). The monoisotopic (exact) mass is 319 g/mol. The minimum atomic E-state index is 0.0502. The van der Waals surface area contributed by atoms with Crippen molar-refractivity contribution >= 4 is 5.91 Å². The number of likely N-dealkylation sites (tertiary alicyclic amines) is 1. The van der Waals surface area contributed by atoms with E-state index < -0.39 is 0 Å². The van der Waals surface area contributed by atoms with E-state index in [0.29, 0.717) is 0 Å². The molecule has 0 spiro atoms. The third kappa shape index (κ3) is 4.07. The Labute approximate surface area is 137 Å². The summed E-state index contributed by atoms with van der Waals surface area (Å²) in [7, 11) is 1.56. The minimum Gasteiger partial charge on any atom is -0.379 e. The number of hydrogen-bond acceptors (Lipinski definition) is 5. The van der Waals surface area contributed by atoms with Crippen LogP contribution >= 0.6 is 0 Å². The average Bonchev–Trinajstić information content (AvgIpc) is 3.06. The van der Waals surface area contributed by atoms with E-state index in [1.54, 1.807) is 7.11 Å². The molecule has 1 aromatic heterocycles. The quantitative estimate of drug-likeness (QED) is 0.817. The number of amides is 1. The molecule has 6 heteroatoms. The van der Waals surface area contributed by atoms with Crippen LogP contribution in [0.1, 0.15) is 30.1 Å². The fourth-order valence-electron chi connectivity index (χ4n) is 3.32. The molecule has 0 aliphatic carbocycles. The highest BCUT2D eigenvalue weighted by molar-refractivity contribution is 5.78. The van der Waals surface area contributed by atoms with E-state index >= 15 is 0 Å². The van der Waals surface area contributed by atoms with E-state index in [9.17, 15) is 4.79 Å². The van der Waals surface area contributed by atoms with Gasteiger partial charge in [0.15, 0.2) is 0 Å². The Morgan fingerprint density at radius 1 is 1.35 bits per heavy atom. The maximum atomic E-state index is 12.1. The second-order valence-electron chi connectivity index (χ2n) is 6.16. The smallest absolute Gasteiger partial charge is 0.249 e. The van der Waals surface area contributed by atoms with E-state index in [4.69, 9.17) is 9.47 Å². The largest absolute Gasteiger partial charge is 0.379 e. The van der Waals surface area contributed by atoms with Gasteiger partial charge in [-0.2, -0.15) is 0 Å². The predicted octanol–water partition coefficient (Wildman–Crippen LogP) is 1.22. The molecule has 0 radical (unpaired) electrons. The molecule has 1 aromatic rings. The minimum absolute atomic E-state index is 0.0502. The molecule has 3 heterocycles. The predicted molar refractivity (Wildman–Crippen MR) is 85.9 cm³/mol. The summed E-state index contributed by atoms with van der Waals surface area (Å²) in [6, 6.07) is 4.29. The average molecular weight is 319 g/mol. The molecule has 0 N–H and O–H groups in total. The van der Waals surface area contributed by atoms with Crippen molar-refractivity contribution < 1.29 is 14.3 Å². The van der Waals surface area contributed by atoms with Gasteiger partial charge in [-0.15, -0.1) is 0 Å². The van der Waals surface area contributed by atoms with Crippen LogP contribution in [0.4, 0.5) is 0 Å². The first-order valence-electron chi connectivity index (χ1n) is 8.31. The number of carbonyl (C=O) groups is 1. The molecule has 0 saturated carbocycles. The lowest BCUT2D eigenvalue weighted by atomic mass is 10.1. The molecule has 126 valence electrons. The van der Waals surface area contributed by atoms with Crippen molar-refractivity contribution in [3.8, 4) is 0 Å². The third-order valence-corrected chi connectivity index (χ3v) is 4.54. The van der Waals surface area contributed by atoms with Crippen LogP contribution in [-0.2, 0) is 20.8 Å². The highest BCUT2D eigenvalue weighted by Gasteiger charge is 2.30. The summed E-state index contributed by atoms with van der Waals surface area (Å²) in [5, 5.41) is 0. The van der Waals surface area contributed by atoms with Crippen LogP contribution in [0.15, 0.2) is 18.3 Å². The van der Waals surface area contributed by atoms with Crippen molar-refractivity contribution in [2.75, 3.05) is 46.6 Å². The first kappa shape index (κ1) is 16.4. The normalized spacial score (nSPS) is 22.5. The lowest BCUT2D eigenvalue weighted by molar-refractivity contribution is -0.136. The van der Waals surface area contributed by atoms with Gasteiger partial charge in [0.05, 0.1) is 24.9 Å². The van der Waals surface area contributed by atoms with Crippen molar-refractivity contribution in [3.63, 3.8) is 0 Å². The second-order valence-corrected chi connectivity index (χ2v) is 6.16. The molecular formula is C17H25N3O3. The number of rotatable bonds is 5. The molecule has 6 nitrogen and oxygen atoms in total. The van der Waals surface area contributed by atoms with Gasteiger partial charge >= 0.3 is 0 Å². The van der Waals surface area contributed by atoms with E-state index in [0.717, 1.165) is 57.9 Å². The van der Waals surface area contributed by atoms with Gasteiger partial charge in [-0.3, -0.25) is 14.7 Å². The topological polar surface area (TPSA) is 54.9 Å². The Bertz CT molecular complexity index is 514. The maximum Gasteiger partial charge on any atom is 0.249 e. The molecule has 1 atom stereocenters. The Balaban J connectivity index is 1.62. The zero-order valence-corrected chi connectivity index (χ0v) is 13.7. The number of pyridine rings is 1. The van der Waals surface area contributed by atoms with Gasteiger partial charge in [-0.05, 0) is 24.5 Å². The number of hydrogen-bond donors (Lipinski definition) is 0. The summed E-state index contributed by atoms with van der Waals surface area (Å²) in [6.45, 7) is 5.42. The van der Waals surface area contributed by atoms with Crippen LogP contribution in [0.3, 0.4) is 0 Å². The molecule has 0 unspecified atom stereocenters. The van der Waals surface area contributed by atoms with Gasteiger partial charge < -0.3 is 14.4 Å². The Kier molecular flexibility index (Phi) is 5.59. The summed E-state index contributed by atoms with van der Waals surface area (Å²) in [6.07, 6.45) is 3.95. The lowest BCUT2D eigenvalue weighted by Gasteiger charge is -2.27. The van der Waals surface area contributed by atoms with Crippen molar-refractivity contribution in [1.82, 2.24) is 14.8 Å². The van der Waals surface area contributed by atoms with E-state index in [1.165, 1.54) is 5.56 Å². The fraction of sp³-hybridized carbons (Fsp3) is 0.647. The van der Waals surface area contributed by atoms with Crippen molar-refractivity contribution in [2.45, 2.75) is 25.4 Å². The van der Waals surface area contributed by atoms with E-state index in [2.05, 4.69) is 22.0 Å². The number of nitrogens with zero attached hydrogens (tertiary/aromatic N) is 3. The highest BCUT2D eigenvalue weighted by atomic mass is 16.5. The molecule has 2 fully saturated rings. The standard InChI is InChI=1S/C17H25N3O3/c1-22-13-17(21)20-6-2-3-16(20)15-5-4-14(11-18-15)12-19-7-9-23-10-8-19/h4-5,11,16H,2-3,6-10,12-13H2,1H3/t16-/m0/s1. The number of carbonyl (C=O) groups excluding carboxylic acids is 1. The Hall–Kier alpha value is -1.50.